The minimum absolute atomic E-state index is 0.0528. The molecule has 174 valence electrons. The molecule has 0 bridgehead atoms. The van der Waals surface area contributed by atoms with Crippen molar-refractivity contribution in [3.8, 4) is 0 Å². The van der Waals surface area contributed by atoms with Crippen LogP contribution in [0.2, 0.25) is 0 Å². The molecule has 1 aliphatic rings. The van der Waals surface area contributed by atoms with Gasteiger partial charge in [0, 0.05) is 32.7 Å². The van der Waals surface area contributed by atoms with E-state index in [2.05, 4.69) is 20.5 Å². The molecule has 0 radical (unpaired) electrons. The number of hydrogen-bond donors (Lipinski definition) is 1. The van der Waals surface area contributed by atoms with Gasteiger partial charge in [-0.15, -0.1) is 5.10 Å². The third-order valence-corrected chi connectivity index (χ3v) is 5.76. The summed E-state index contributed by atoms with van der Waals surface area (Å²) in [6.07, 6.45) is 1.53. The fourth-order valence-electron chi connectivity index (χ4n) is 4.01. The molecule has 2 amide bonds. The van der Waals surface area contributed by atoms with Gasteiger partial charge < -0.3 is 13.9 Å². The van der Waals surface area contributed by atoms with Crippen LogP contribution in [0.4, 0.5) is 11.7 Å². The molecule has 0 spiro atoms. The van der Waals surface area contributed by atoms with Crippen molar-refractivity contribution in [1.82, 2.24) is 28.9 Å². The summed E-state index contributed by atoms with van der Waals surface area (Å²) >= 11 is 0. The maximum Gasteiger partial charge on any atom is 0.332 e. The number of carbonyl (C=O) groups excluding carboxylic acids is 2. The molecule has 0 saturated carbocycles. The number of aromatic nitrogens is 6. The number of amides is 2. The van der Waals surface area contributed by atoms with Crippen molar-refractivity contribution in [1.29, 1.82) is 0 Å². The van der Waals surface area contributed by atoms with Crippen LogP contribution in [0, 0.1) is 0 Å². The summed E-state index contributed by atoms with van der Waals surface area (Å²) in [5.74, 6) is -0.631. The third kappa shape index (κ3) is 3.56. The lowest BCUT2D eigenvalue weighted by molar-refractivity contribution is -0.117. The maximum atomic E-state index is 12.6. The first-order valence-electron chi connectivity index (χ1n) is 10.4. The number of fused-ring (bicyclic) bond motifs is 1. The number of para-hydroxylation sites is 1. The Balaban J connectivity index is 1.30. The molecule has 1 atom stereocenters. The summed E-state index contributed by atoms with van der Waals surface area (Å²) in [6.45, 7) is 0.132. The van der Waals surface area contributed by atoms with Crippen LogP contribution >= 0.6 is 0 Å². The predicted molar refractivity (Wildman–Crippen MR) is 119 cm³/mol. The van der Waals surface area contributed by atoms with Gasteiger partial charge in [0.1, 0.15) is 6.54 Å². The van der Waals surface area contributed by atoms with E-state index in [4.69, 9.17) is 4.42 Å². The second-order valence-electron chi connectivity index (χ2n) is 7.99. The van der Waals surface area contributed by atoms with Crippen LogP contribution in [-0.2, 0) is 30.2 Å². The molecule has 4 heterocycles. The number of anilines is 2. The highest BCUT2D eigenvalue weighted by Gasteiger charge is 2.35. The number of rotatable bonds is 5. The Morgan fingerprint density at radius 1 is 1.12 bits per heavy atom. The highest BCUT2D eigenvalue weighted by Crippen LogP contribution is 2.31. The monoisotopic (exact) mass is 464 g/mol. The minimum atomic E-state index is -0.558. The van der Waals surface area contributed by atoms with Gasteiger partial charge in [0.15, 0.2) is 11.2 Å². The lowest BCUT2D eigenvalue weighted by Gasteiger charge is -2.15. The number of imidazole rings is 1. The van der Waals surface area contributed by atoms with E-state index in [1.165, 1.54) is 29.6 Å². The van der Waals surface area contributed by atoms with Crippen molar-refractivity contribution in [3.63, 3.8) is 0 Å². The van der Waals surface area contributed by atoms with Crippen LogP contribution in [0.5, 0.6) is 0 Å². The molecule has 1 aromatic carbocycles. The molecule has 1 aliphatic heterocycles. The SMILES string of the molecule is Cn1c(=O)c2c(ncn2CC(=O)Nc2nnc(C3CC(=O)N(c4ccccc4)C3)o2)n(C)c1=O. The van der Waals surface area contributed by atoms with Gasteiger partial charge in [-0.05, 0) is 12.1 Å². The van der Waals surface area contributed by atoms with Crippen LogP contribution in [0.1, 0.15) is 18.2 Å². The van der Waals surface area contributed by atoms with Crippen molar-refractivity contribution in [2.24, 2.45) is 14.1 Å². The van der Waals surface area contributed by atoms with E-state index in [0.717, 1.165) is 10.3 Å². The summed E-state index contributed by atoms with van der Waals surface area (Å²) in [7, 11) is 2.85. The van der Waals surface area contributed by atoms with Crippen molar-refractivity contribution < 1.29 is 14.0 Å². The fraction of sp³-hybridized carbons (Fsp3) is 0.286. The number of benzene rings is 1. The van der Waals surface area contributed by atoms with Crippen molar-refractivity contribution in [3.05, 3.63) is 63.4 Å². The molecule has 13 heteroatoms. The van der Waals surface area contributed by atoms with Crippen molar-refractivity contribution in [2.75, 3.05) is 16.8 Å². The van der Waals surface area contributed by atoms with Gasteiger partial charge in [-0.3, -0.25) is 28.8 Å². The van der Waals surface area contributed by atoms with Gasteiger partial charge in [0.05, 0.1) is 12.2 Å². The standard InChI is InChI=1S/C21H20N8O5/c1-26-17-16(19(32)27(2)21(26)33)28(11-22-17)10-14(30)23-20-25-24-18(34-20)12-8-15(31)29(9-12)13-6-4-3-5-7-13/h3-7,11-12H,8-10H2,1-2H3,(H,23,25,30). The summed E-state index contributed by atoms with van der Waals surface area (Å²) in [5.41, 5.74) is 0.0182. The van der Waals surface area contributed by atoms with Crippen LogP contribution in [-0.4, -0.2) is 47.2 Å². The smallest absolute Gasteiger partial charge is 0.332 e. The maximum absolute atomic E-state index is 12.6. The third-order valence-electron chi connectivity index (χ3n) is 5.76. The van der Waals surface area contributed by atoms with Gasteiger partial charge in [0.25, 0.3) is 5.56 Å². The predicted octanol–water partition coefficient (Wildman–Crippen LogP) is -0.0241. The molecular formula is C21H20N8O5. The summed E-state index contributed by atoms with van der Waals surface area (Å²) in [5, 5.41) is 10.3. The first kappa shape index (κ1) is 21.3. The van der Waals surface area contributed by atoms with Gasteiger partial charge >= 0.3 is 11.7 Å². The highest BCUT2D eigenvalue weighted by atomic mass is 16.4. The first-order chi connectivity index (χ1) is 16.3. The molecule has 5 rings (SSSR count). The quantitative estimate of drug-likeness (QED) is 0.433. The molecule has 1 unspecified atom stereocenters. The average Bonchev–Trinajstić information content (AvgIpc) is 3.55. The zero-order chi connectivity index (χ0) is 24.0. The molecule has 13 nitrogen and oxygen atoms in total. The number of aryl methyl sites for hydroxylation is 1. The second-order valence-corrected chi connectivity index (χ2v) is 7.99. The van der Waals surface area contributed by atoms with E-state index in [1.54, 1.807) is 4.90 Å². The highest BCUT2D eigenvalue weighted by molar-refractivity contribution is 5.96. The van der Waals surface area contributed by atoms with Crippen molar-refractivity contribution >= 4 is 34.7 Å². The fourth-order valence-corrected chi connectivity index (χ4v) is 4.01. The van der Waals surface area contributed by atoms with E-state index in [1.807, 2.05) is 30.3 Å². The van der Waals surface area contributed by atoms with Gasteiger partial charge in [0.2, 0.25) is 17.7 Å². The Bertz CT molecular complexity index is 1530. The van der Waals surface area contributed by atoms with E-state index in [9.17, 15) is 19.2 Å². The first-order valence-corrected chi connectivity index (χ1v) is 10.4. The van der Waals surface area contributed by atoms with Gasteiger partial charge in [-0.2, -0.15) is 0 Å². The van der Waals surface area contributed by atoms with E-state index in [0.29, 0.717) is 6.54 Å². The van der Waals surface area contributed by atoms with E-state index < -0.39 is 17.2 Å². The Morgan fingerprint density at radius 2 is 1.88 bits per heavy atom. The molecule has 1 fully saturated rings. The minimum Gasteiger partial charge on any atom is -0.407 e. The molecular weight excluding hydrogens is 444 g/mol. The largest absolute Gasteiger partial charge is 0.407 e. The van der Waals surface area contributed by atoms with Crippen molar-refractivity contribution in [2.45, 2.75) is 18.9 Å². The molecule has 1 N–H and O–H groups in total. The topological polar surface area (TPSA) is 150 Å². The van der Waals surface area contributed by atoms with Gasteiger partial charge in [-0.25, -0.2) is 9.78 Å². The summed E-state index contributed by atoms with van der Waals surface area (Å²) < 4.78 is 9.11. The van der Waals surface area contributed by atoms with Gasteiger partial charge in [-0.1, -0.05) is 23.3 Å². The Hall–Kier alpha value is -4.55. The Labute approximate surface area is 191 Å². The van der Waals surface area contributed by atoms with Crippen LogP contribution in [0.3, 0.4) is 0 Å². The molecule has 1 saturated heterocycles. The zero-order valence-electron chi connectivity index (χ0n) is 18.3. The average molecular weight is 464 g/mol. The number of nitrogens with zero attached hydrogens (tertiary/aromatic N) is 7. The summed E-state index contributed by atoms with van der Waals surface area (Å²) in [4.78, 5) is 55.3. The lowest BCUT2D eigenvalue weighted by atomic mass is 10.1. The Morgan fingerprint density at radius 3 is 2.65 bits per heavy atom. The number of hydrogen-bond acceptors (Lipinski definition) is 8. The van der Waals surface area contributed by atoms with Crippen LogP contribution in [0.15, 0.2) is 50.7 Å². The lowest BCUT2D eigenvalue weighted by Crippen LogP contribution is -2.37. The van der Waals surface area contributed by atoms with Crippen LogP contribution < -0.4 is 21.5 Å². The van der Waals surface area contributed by atoms with E-state index >= 15 is 0 Å². The molecule has 34 heavy (non-hydrogen) atoms. The number of nitrogens with one attached hydrogen (secondary N) is 1. The summed E-state index contributed by atoms with van der Waals surface area (Å²) in [6, 6.07) is 9.18. The zero-order valence-corrected chi connectivity index (χ0v) is 18.3. The molecule has 4 aromatic rings. The Kier molecular flexibility index (Phi) is 5.07. The second kappa shape index (κ2) is 8.10. The number of carbonyl (C=O) groups is 2. The van der Waals surface area contributed by atoms with Crippen LogP contribution in [0.25, 0.3) is 11.2 Å². The van der Waals surface area contributed by atoms with E-state index in [-0.39, 0.29) is 47.9 Å². The normalized spacial score (nSPS) is 15.9. The molecule has 0 aliphatic carbocycles. The molecule has 3 aromatic heterocycles.